The topological polar surface area (TPSA) is 52.6 Å². The lowest BCUT2D eigenvalue weighted by molar-refractivity contribution is -0.161. The number of Topliss-reactive ketones (excluding diaryl/α,β-unsaturated/α-hetero) is 1. The highest BCUT2D eigenvalue weighted by Crippen LogP contribution is 2.42. The average Bonchev–Trinajstić information content (AvgIpc) is 2.60. The Bertz CT molecular complexity index is 652. The number of esters is 1. The van der Waals surface area contributed by atoms with Crippen LogP contribution in [0.1, 0.15) is 62.6 Å². The maximum absolute atomic E-state index is 12.9. The number of hydrogen-bond donors (Lipinski definition) is 0. The molecule has 0 unspecified atom stereocenters. The van der Waals surface area contributed by atoms with Gasteiger partial charge < -0.3 is 9.47 Å². The van der Waals surface area contributed by atoms with Crippen LogP contribution in [0.25, 0.3) is 0 Å². The Hall–Kier alpha value is -1.39. The third-order valence-corrected chi connectivity index (χ3v) is 5.79. The molecule has 0 atom stereocenters. The Morgan fingerprint density at radius 2 is 1.70 bits per heavy atom. The minimum Gasteiger partial charge on any atom is -0.466 e. The zero-order valence-electron chi connectivity index (χ0n) is 16.9. The van der Waals surface area contributed by atoms with E-state index < -0.39 is 5.41 Å². The van der Waals surface area contributed by atoms with E-state index in [0.29, 0.717) is 37.5 Å². The molecule has 4 nitrogen and oxygen atoms in total. The van der Waals surface area contributed by atoms with Crippen molar-refractivity contribution in [2.75, 3.05) is 13.2 Å². The molecule has 1 aromatic carbocycles. The van der Waals surface area contributed by atoms with Crippen LogP contribution in [0.3, 0.4) is 0 Å². The molecule has 1 saturated carbocycles. The van der Waals surface area contributed by atoms with Crippen molar-refractivity contribution in [3.63, 3.8) is 0 Å². The van der Waals surface area contributed by atoms with Crippen LogP contribution in [0.4, 0.5) is 0 Å². The standard InChI is InChI=1S/C22H31ClO4/c1-5-26-19-7-9-22(10-8-19,21(25)27-6-2)14-18(24)13-20-15(3)11-17(23)12-16(20)4/h11-12,19H,5-10,13-14H2,1-4H3. The molecule has 0 aromatic heterocycles. The first kappa shape index (κ1) is 21.9. The van der Waals surface area contributed by atoms with E-state index in [1.807, 2.05) is 32.9 Å². The largest absolute Gasteiger partial charge is 0.466 e. The van der Waals surface area contributed by atoms with Crippen molar-refractivity contribution in [2.24, 2.45) is 5.41 Å². The van der Waals surface area contributed by atoms with Crippen LogP contribution < -0.4 is 0 Å². The van der Waals surface area contributed by atoms with E-state index in [9.17, 15) is 9.59 Å². The van der Waals surface area contributed by atoms with E-state index in [2.05, 4.69) is 0 Å². The van der Waals surface area contributed by atoms with Gasteiger partial charge in [0.15, 0.2) is 0 Å². The maximum atomic E-state index is 12.9. The van der Waals surface area contributed by atoms with E-state index in [-0.39, 0.29) is 24.3 Å². The second-order valence-corrected chi connectivity index (χ2v) is 8.00. The molecule has 27 heavy (non-hydrogen) atoms. The molecule has 1 fully saturated rings. The average molecular weight is 395 g/mol. The molecular formula is C22H31ClO4. The summed E-state index contributed by atoms with van der Waals surface area (Å²) in [6.07, 6.45) is 3.59. The third-order valence-electron chi connectivity index (χ3n) is 5.57. The van der Waals surface area contributed by atoms with E-state index in [0.717, 1.165) is 29.5 Å². The van der Waals surface area contributed by atoms with Crippen LogP contribution in [0.15, 0.2) is 12.1 Å². The van der Waals surface area contributed by atoms with Gasteiger partial charge in [-0.25, -0.2) is 0 Å². The lowest BCUT2D eigenvalue weighted by Crippen LogP contribution is -2.40. The summed E-state index contributed by atoms with van der Waals surface area (Å²) in [7, 11) is 0. The summed E-state index contributed by atoms with van der Waals surface area (Å²) in [5.74, 6) is -0.163. The molecule has 0 spiro atoms. The van der Waals surface area contributed by atoms with Crippen LogP contribution in [0, 0.1) is 19.3 Å². The second-order valence-electron chi connectivity index (χ2n) is 7.57. The fourth-order valence-electron chi connectivity index (χ4n) is 4.14. The number of halogens is 1. The van der Waals surface area contributed by atoms with Gasteiger partial charge in [-0.15, -0.1) is 0 Å². The van der Waals surface area contributed by atoms with E-state index in [1.165, 1.54) is 0 Å². The summed E-state index contributed by atoms with van der Waals surface area (Å²) in [6, 6.07) is 3.76. The minimum absolute atomic E-state index is 0.0754. The Morgan fingerprint density at radius 1 is 1.11 bits per heavy atom. The minimum atomic E-state index is -0.713. The van der Waals surface area contributed by atoms with Crippen LogP contribution >= 0.6 is 11.6 Å². The molecule has 5 heteroatoms. The van der Waals surface area contributed by atoms with Crippen LogP contribution in [-0.4, -0.2) is 31.1 Å². The second kappa shape index (κ2) is 9.70. The number of ether oxygens (including phenoxy) is 2. The molecule has 0 heterocycles. The molecule has 1 aromatic rings. The van der Waals surface area contributed by atoms with Gasteiger partial charge in [-0.1, -0.05) is 11.6 Å². The number of benzene rings is 1. The number of rotatable bonds is 8. The molecule has 0 amide bonds. The Balaban J connectivity index is 2.14. The van der Waals surface area contributed by atoms with Crippen LogP contribution in [0.2, 0.25) is 5.02 Å². The fraction of sp³-hybridized carbons (Fsp3) is 0.636. The normalized spacial score (nSPS) is 22.5. The fourth-order valence-corrected chi connectivity index (χ4v) is 4.47. The predicted molar refractivity (Wildman–Crippen MR) is 107 cm³/mol. The summed E-state index contributed by atoms with van der Waals surface area (Å²) in [5.41, 5.74) is 2.32. The van der Waals surface area contributed by atoms with Gasteiger partial charge in [0, 0.05) is 24.5 Å². The van der Waals surface area contributed by atoms with Gasteiger partial charge in [0.2, 0.25) is 0 Å². The number of aryl methyl sites for hydroxylation is 2. The van der Waals surface area contributed by atoms with E-state index >= 15 is 0 Å². The summed E-state index contributed by atoms with van der Waals surface area (Å²) >= 11 is 6.09. The summed E-state index contributed by atoms with van der Waals surface area (Å²) in [6.45, 7) is 8.73. The number of carbonyl (C=O) groups is 2. The SMILES string of the molecule is CCOC(=O)C1(CC(=O)Cc2c(C)cc(Cl)cc2C)CCC(OCC)CC1. The summed E-state index contributed by atoms with van der Waals surface area (Å²) in [5, 5.41) is 0.679. The van der Waals surface area contributed by atoms with Crippen molar-refractivity contribution in [1.29, 1.82) is 0 Å². The molecule has 0 saturated heterocycles. The van der Waals surface area contributed by atoms with Crippen molar-refractivity contribution >= 4 is 23.4 Å². The van der Waals surface area contributed by atoms with Gasteiger partial charge in [-0.05, 0) is 82.2 Å². The molecule has 150 valence electrons. The molecule has 2 rings (SSSR count). The van der Waals surface area contributed by atoms with Gasteiger partial charge >= 0.3 is 5.97 Å². The first-order valence-electron chi connectivity index (χ1n) is 9.87. The Morgan fingerprint density at radius 3 is 2.22 bits per heavy atom. The van der Waals surface area contributed by atoms with Gasteiger partial charge in [0.05, 0.1) is 18.1 Å². The van der Waals surface area contributed by atoms with Crippen LogP contribution in [0.5, 0.6) is 0 Å². The molecule has 0 bridgehead atoms. The Kier molecular flexibility index (Phi) is 7.87. The quantitative estimate of drug-likeness (QED) is 0.583. The van der Waals surface area contributed by atoms with Crippen molar-refractivity contribution in [3.8, 4) is 0 Å². The van der Waals surface area contributed by atoms with Crippen LogP contribution in [-0.2, 0) is 25.5 Å². The number of ketones is 1. The number of hydrogen-bond acceptors (Lipinski definition) is 4. The highest BCUT2D eigenvalue weighted by Gasteiger charge is 2.44. The summed E-state index contributed by atoms with van der Waals surface area (Å²) in [4.78, 5) is 25.6. The van der Waals surface area contributed by atoms with Crippen molar-refractivity contribution in [1.82, 2.24) is 0 Å². The molecule has 1 aliphatic rings. The predicted octanol–water partition coefficient (Wildman–Crippen LogP) is 4.99. The highest BCUT2D eigenvalue weighted by atomic mass is 35.5. The monoisotopic (exact) mass is 394 g/mol. The zero-order chi connectivity index (χ0) is 20.0. The first-order chi connectivity index (χ1) is 12.8. The maximum Gasteiger partial charge on any atom is 0.312 e. The van der Waals surface area contributed by atoms with Gasteiger partial charge in [0.1, 0.15) is 5.78 Å². The van der Waals surface area contributed by atoms with Gasteiger partial charge in [-0.3, -0.25) is 9.59 Å². The van der Waals surface area contributed by atoms with Crippen molar-refractivity contribution in [2.45, 2.75) is 72.3 Å². The van der Waals surface area contributed by atoms with Crippen molar-refractivity contribution < 1.29 is 19.1 Å². The first-order valence-corrected chi connectivity index (χ1v) is 10.2. The lowest BCUT2D eigenvalue weighted by atomic mass is 9.69. The third kappa shape index (κ3) is 5.55. The smallest absolute Gasteiger partial charge is 0.312 e. The number of carbonyl (C=O) groups excluding carboxylic acids is 2. The molecule has 0 radical (unpaired) electrons. The molecule has 0 N–H and O–H groups in total. The lowest BCUT2D eigenvalue weighted by Gasteiger charge is -2.37. The van der Waals surface area contributed by atoms with Crippen molar-refractivity contribution in [3.05, 3.63) is 33.8 Å². The van der Waals surface area contributed by atoms with E-state index in [1.54, 1.807) is 6.92 Å². The molecule has 1 aliphatic carbocycles. The van der Waals surface area contributed by atoms with Gasteiger partial charge in [-0.2, -0.15) is 0 Å². The Labute approximate surface area is 167 Å². The zero-order valence-corrected chi connectivity index (χ0v) is 17.7. The molecule has 0 aliphatic heterocycles. The highest BCUT2D eigenvalue weighted by molar-refractivity contribution is 6.30. The van der Waals surface area contributed by atoms with E-state index in [4.69, 9.17) is 21.1 Å². The summed E-state index contributed by atoms with van der Waals surface area (Å²) < 4.78 is 11.1. The van der Waals surface area contributed by atoms with Gasteiger partial charge in [0.25, 0.3) is 0 Å². The molecular weight excluding hydrogens is 364 g/mol.